The third-order valence-electron chi connectivity index (χ3n) is 1.14. The van der Waals surface area contributed by atoms with Gasteiger partial charge in [0.15, 0.2) is 0 Å². The van der Waals surface area contributed by atoms with Crippen LogP contribution in [0.15, 0.2) is 23.4 Å². The number of nitrogens with two attached hydrogens (primary N) is 1. The van der Waals surface area contributed by atoms with Gasteiger partial charge in [0.1, 0.15) is 5.70 Å². The predicted octanol–water partition coefficient (Wildman–Crippen LogP) is -0.991. The van der Waals surface area contributed by atoms with E-state index >= 15 is 0 Å². The predicted molar refractivity (Wildman–Crippen MR) is 43.3 cm³/mol. The van der Waals surface area contributed by atoms with Gasteiger partial charge in [0.05, 0.1) is 5.57 Å². The molecule has 0 radical (unpaired) electrons. The van der Waals surface area contributed by atoms with Crippen molar-refractivity contribution in [3.05, 3.63) is 23.4 Å². The second-order valence-electron chi connectivity index (χ2n) is 2.11. The third-order valence-corrected chi connectivity index (χ3v) is 1.14. The zero-order chi connectivity index (χ0) is 11.3. The summed E-state index contributed by atoms with van der Waals surface area (Å²) in [5.41, 5.74) is 3.20. The highest BCUT2D eigenvalue weighted by Gasteiger charge is 2.14. The van der Waals surface area contributed by atoms with Crippen LogP contribution in [0.5, 0.6) is 0 Å². The molecule has 0 heterocycles. The summed E-state index contributed by atoms with van der Waals surface area (Å²) in [4.78, 5) is 30.7. The van der Waals surface area contributed by atoms with Gasteiger partial charge in [-0.05, 0) is 6.08 Å². The summed E-state index contributed by atoms with van der Waals surface area (Å²) in [5, 5.41) is 25.0. The van der Waals surface area contributed by atoms with Crippen molar-refractivity contribution in [1.82, 2.24) is 0 Å². The van der Waals surface area contributed by atoms with Crippen LogP contribution in [0.25, 0.3) is 0 Å². The average molecular weight is 201 g/mol. The molecular formula is C7H7NO6. The third kappa shape index (κ3) is 3.39. The van der Waals surface area contributed by atoms with Gasteiger partial charge in [0.2, 0.25) is 0 Å². The molecule has 0 aromatic rings. The second kappa shape index (κ2) is 4.65. The monoisotopic (exact) mass is 201 g/mol. The van der Waals surface area contributed by atoms with Gasteiger partial charge in [-0.3, -0.25) is 0 Å². The summed E-state index contributed by atoms with van der Waals surface area (Å²) in [5.74, 6) is -4.64. The Labute approximate surface area is 77.8 Å². The van der Waals surface area contributed by atoms with Gasteiger partial charge in [-0.2, -0.15) is 0 Å². The molecule has 76 valence electrons. The van der Waals surface area contributed by atoms with E-state index in [9.17, 15) is 14.4 Å². The molecule has 0 aromatic carbocycles. The van der Waals surface area contributed by atoms with Crippen molar-refractivity contribution in [2.24, 2.45) is 5.73 Å². The Bertz CT molecular complexity index is 340. The number of hydrogen-bond donors (Lipinski definition) is 4. The Kier molecular flexibility index (Phi) is 3.88. The molecule has 14 heavy (non-hydrogen) atoms. The number of carboxylic acid groups (broad SMARTS) is 3. The average Bonchev–Trinajstić information content (AvgIpc) is 2.02. The first-order valence-corrected chi connectivity index (χ1v) is 3.23. The van der Waals surface area contributed by atoms with Gasteiger partial charge < -0.3 is 21.1 Å². The molecule has 5 N–H and O–H groups in total. The fourth-order valence-corrected chi connectivity index (χ4v) is 0.546. The molecule has 0 saturated heterocycles. The maximum Gasteiger partial charge on any atom is 0.352 e. The maximum atomic E-state index is 10.4. The highest BCUT2D eigenvalue weighted by molar-refractivity contribution is 6.01. The molecule has 0 bridgehead atoms. The summed E-state index contributed by atoms with van der Waals surface area (Å²) in [7, 11) is 0. The quantitative estimate of drug-likeness (QED) is 0.338. The highest BCUT2D eigenvalue weighted by atomic mass is 16.4. The zero-order valence-corrected chi connectivity index (χ0v) is 6.80. The van der Waals surface area contributed by atoms with E-state index in [4.69, 9.17) is 21.1 Å². The molecule has 0 aromatic heterocycles. The fourth-order valence-electron chi connectivity index (χ4n) is 0.546. The van der Waals surface area contributed by atoms with Crippen LogP contribution in [0.3, 0.4) is 0 Å². The van der Waals surface area contributed by atoms with Crippen molar-refractivity contribution in [2.45, 2.75) is 0 Å². The van der Waals surface area contributed by atoms with Gasteiger partial charge in [-0.25, -0.2) is 14.4 Å². The zero-order valence-electron chi connectivity index (χ0n) is 6.80. The van der Waals surface area contributed by atoms with Crippen molar-refractivity contribution >= 4 is 17.9 Å². The smallest absolute Gasteiger partial charge is 0.352 e. The lowest BCUT2D eigenvalue weighted by molar-refractivity contribution is -0.135. The SMILES string of the molecule is N/C(C(=O)O)=C(\C=C\C(=O)O)C(=O)O. The largest absolute Gasteiger partial charge is 0.478 e. The normalized spacial score (nSPS) is 12.3. The Hall–Kier alpha value is -2.31. The molecule has 0 unspecified atom stereocenters. The topological polar surface area (TPSA) is 138 Å². The highest BCUT2D eigenvalue weighted by Crippen LogP contribution is 2.02. The van der Waals surface area contributed by atoms with E-state index in [2.05, 4.69) is 0 Å². The Balaban J connectivity index is 5.16. The maximum absolute atomic E-state index is 10.4. The number of carbonyl (C=O) groups is 3. The molecule has 7 heteroatoms. The minimum atomic E-state index is -1.63. The van der Waals surface area contributed by atoms with Crippen LogP contribution in [-0.4, -0.2) is 33.2 Å². The Morgan fingerprint density at radius 1 is 0.929 bits per heavy atom. The molecule has 0 saturated carbocycles. The Morgan fingerprint density at radius 3 is 1.71 bits per heavy atom. The minimum absolute atomic E-state index is 0.485. The first-order chi connectivity index (χ1) is 6.36. The van der Waals surface area contributed by atoms with Crippen LogP contribution in [0.1, 0.15) is 0 Å². The van der Waals surface area contributed by atoms with Crippen LogP contribution in [-0.2, 0) is 14.4 Å². The van der Waals surface area contributed by atoms with Crippen molar-refractivity contribution < 1.29 is 29.7 Å². The van der Waals surface area contributed by atoms with E-state index in [-0.39, 0.29) is 0 Å². The number of hydrogen-bond acceptors (Lipinski definition) is 4. The van der Waals surface area contributed by atoms with Crippen molar-refractivity contribution in [1.29, 1.82) is 0 Å². The van der Waals surface area contributed by atoms with E-state index < -0.39 is 29.2 Å². The molecule has 0 atom stereocenters. The summed E-state index contributed by atoms with van der Waals surface area (Å²) < 4.78 is 0. The summed E-state index contributed by atoms with van der Waals surface area (Å²) >= 11 is 0. The van der Waals surface area contributed by atoms with E-state index in [0.29, 0.717) is 12.2 Å². The first-order valence-electron chi connectivity index (χ1n) is 3.23. The minimum Gasteiger partial charge on any atom is -0.478 e. The standard InChI is InChI=1S/C7H7NO6/c8-5(7(13)14)3(6(11)12)1-2-4(9)10/h1-2H,8H2,(H,9,10)(H,11,12)(H,13,14)/b2-1+,5-3+. The summed E-state index contributed by atoms with van der Waals surface area (Å²) in [6.07, 6.45) is 1.09. The second-order valence-corrected chi connectivity index (χ2v) is 2.11. The lowest BCUT2D eigenvalue weighted by Gasteiger charge is -1.97. The van der Waals surface area contributed by atoms with E-state index in [0.717, 1.165) is 0 Å². The van der Waals surface area contributed by atoms with Crippen molar-refractivity contribution in [2.75, 3.05) is 0 Å². The molecular weight excluding hydrogens is 194 g/mol. The van der Waals surface area contributed by atoms with Gasteiger partial charge in [-0.1, -0.05) is 0 Å². The molecule has 0 aliphatic heterocycles. The lowest BCUT2D eigenvalue weighted by Crippen LogP contribution is -2.17. The van der Waals surface area contributed by atoms with Gasteiger partial charge >= 0.3 is 17.9 Å². The molecule has 0 amide bonds. The number of aliphatic carboxylic acids is 3. The molecule has 7 nitrogen and oxygen atoms in total. The molecule has 0 aliphatic carbocycles. The van der Waals surface area contributed by atoms with E-state index in [1.807, 2.05) is 0 Å². The van der Waals surface area contributed by atoms with Crippen LogP contribution in [0.2, 0.25) is 0 Å². The lowest BCUT2D eigenvalue weighted by atomic mass is 10.2. The van der Waals surface area contributed by atoms with Gasteiger partial charge in [0.25, 0.3) is 0 Å². The molecule has 0 fully saturated rings. The summed E-state index contributed by atoms with van der Waals surface area (Å²) in [6.45, 7) is 0. The van der Waals surface area contributed by atoms with Crippen LogP contribution < -0.4 is 5.73 Å². The number of rotatable bonds is 4. The van der Waals surface area contributed by atoms with Gasteiger partial charge in [0, 0.05) is 6.08 Å². The molecule has 0 aliphatic rings. The summed E-state index contributed by atoms with van der Waals surface area (Å²) in [6, 6.07) is 0. The fraction of sp³-hybridized carbons (Fsp3) is 0. The van der Waals surface area contributed by atoms with Crippen molar-refractivity contribution in [3.8, 4) is 0 Å². The number of carboxylic acids is 3. The van der Waals surface area contributed by atoms with Crippen LogP contribution >= 0.6 is 0 Å². The molecule has 0 rings (SSSR count). The van der Waals surface area contributed by atoms with E-state index in [1.54, 1.807) is 0 Å². The van der Waals surface area contributed by atoms with Crippen molar-refractivity contribution in [3.63, 3.8) is 0 Å². The van der Waals surface area contributed by atoms with Crippen LogP contribution in [0.4, 0.5) is 0 Å². The van der Waals surface area contributed by atoms with Gasteiger partial charge in [-0.15, -0.1) is 0 Å². The Morgan fingerprint density at radius 2 is 1.43 bits per heavy atom. The van der Waals surface area contributed by atoms with Crippen LogP contribution in [0, 0.1) is 0 Å². The van der Waals surface area contributed by atoms with E-state index in [1.165, 1.54) is 0 Å². The first kappa shape index (κ1) is 11.7. The molecule has 0 spiro atoms.